The van der Waals surface area contributed by atoms with Crippen molar-refractivity contribution >= 4 is 34.3 Å². The number of carbonyl (C=O) groups is 1. The van der Waals surface area contributed by atoms with Crippen molar-refractivity contribution in [1.29, 1.82) is 0 Å². The first-order valence-electron chi connectivity index (χ1n) is 5.02. The van der Waals surface area contributed by atoms with E-state index in [1.807, 2.05) is 24.3 Å². The predicted molar refractivity (Wildman–Crippen MR) is 72.7 cm³/mol. The Kier molecular flexibility index (Phi) is 6.17. The minimum Gasteiger partial charge on any atom is -0.385 e. The first-order valence-corrected chi connectivity index (χ1v) is 6.10. The van der Waals surface area contributed by atoms with Crippen LogP contribution in [0.2, 0.25) is 0 Å². The molecule has 0 atom stereocenters. The highest BCUT2D eigenvalue weighted by Crippen LogP contribution is 2.16. The number of carbonyl (C=O) groups excluding carboxylic acids is 1. The second kappa shape index (κ2) is 7.45. The van der Waals surface area contributed by atoms with Gasteiger partial charge in [-0.05, 0) is 41.1 Å². The molecule has 0 unspecified atom stereocenters. The highest BCUT2D eigenvalue weighted by atomic mass is 127. The SMILES string of the molecule is COCCCNC(=O)Nc1ccccc1I. The van der Waals surface area contributed by atoms with Crippen molar-refractivity contribution in [2.24, 2.45) is 0 Å². The van der Waals surface area contributed by atoms with E-state index in [0.717, 1.165) is 15.7 Å². The van der Waals surface area contributed by atoms with Crippen molar-refractivity contribution in [2.75, 3.05) is 25.6 Å². The molecule has 0 aromatic heterocycles. The van der Waals surface area contributed by atoms with Gasteiger partial charge < -0.3 is 15.4 Å². The molecule has 0 aliphatic rings. The number of urea groups is 1. The molecule has 2 amide bonds. The standard InChI is InChI=1S/C11H15IN2O2/c1-16-8-4-7-13-11(15)14-10-6-3-2-5-9(10)12/h2-3,5-6H,4,7-8H2,1H3,(H2,13,14,15). The molecular weight excluding hydrogens is 319 g/mol. The van der Waals surface area contributed by atoms with E-state index in [0.29, 0.717) is 13.2 Å². The summed E-state index contributed by atoms with van der Waals surface area (Å²) in [5.74, 6) is 0. The number of nitrogens with one attached hydrogen (secondary N) is 2. The molecule has 0 heterocycles. The van der Waals surface area contributed by atoms with Gasteiger partial charge in [0, 0.05) is 23.8 Å². The van der Waals surface area contributed by atoms with Crippen LogP contribution in [0, 0.1) is 3.57 Å². The third-order valence-corrected chi connectivity index (χ3v) is 2.87. The lowest BCUT2D eigenvalue weighted by Gasteiger charge is -2.08. The molecule has 0 aliphatic carbocycles. The van der Waals surface area contributed by atoms with Gasteiger partial charge in [0.2, 0.25) is 0 Å². The summed E-state index contributed by atoms with van der Waals surface area (Å²) in [6, 6.07) is 7.46. The van der Waals surface area contributed by atoms with E-state index in [1.165, 1.54) is 0 Å². The fourth-order valence-corrected chi connectivity index (χ4v) is 1.67. The fraction of sp³-hybridized carbons (Fsp3) is 0.364. The first-order chi connectivity index (χ1) is 7.74. The average molecular weight is 334 g/mol. The van der Waals surface area contributed by atoms with Gasteiger partial charge in [0.25, 0.3) is 0 Å². The van der Waals surface area contributed by atoms with E-state index in [2.05, 4.69) is 33.2 Å². The van der Waals surface area contributed by atoms with Crippen LogP contribution in [0.25, 0.3) is 0 Å². The summed E-state index contributed by atoms with van der Waals surface area (Å²) in [5, 5.41) is 5.55. The Balaban J connectivity index is 2.32. The Morgan fingerprint density at radius 1 is 1.44 bits per heavy atom. The van der Waals surface area contributed by atoms with Crippen molar-refractivity contribution in [3.05, 3.63) is 27.8 Å². The number of methoxy groups -OCH3 is 1. The Labute approximate surface area is 109 Å². The second-order valence-corrected chi connectivity index (χ2v) is 4.37. The topological polar surface area (TPSA) is 50.4 Å². The second-order valence-electron chi connectivity index (χ2n) is 3.21. The maximum absolute atomic E-state index is 11.5. The molecule has 16 heavy (non-hydrogen) atoms. The molecule has 2 N–H and O–H groups in total. The molecule has 0 bridgehead atoms. The number of anilines is 1. The van der Waals surface area contributed by atoms with E-state index in [9.17, 15) is 4.79 Å². The third-order valence-electron chi connectivity index (χ3n) is 1.93. The van der Waals surface area contributed by atoms with Crippen LogP contribution in [0.15, 0.2) is 24.3 Å². The summed E-state index contributed by atoms with van der Waals surface area (Å²) >= 11 is 2.18. The number of hydrogen-bond donors (Lipinski definition) is 2. The fourth-order valence-electron chi connectivity index (χ4n) is 1.15. The monoisotopic (exact) mass is 334 g/mol. The average Bonchev–Trinajstić information content (AvgIpc) is 2.28. The lowest BCUT2D eigenvalue weighted by atomic mass is 10.3. The Hall–Kier alpha value is -0.820. The maximum atomic E-state index is 11.5. The van der Waals surface area contributed by atoms with Gasteiger partial charge in [-0.2, -0.15) is 0 Å². The van der Waals surface area contributed by atoms with Crippen molar-refractivity contribution < 1.29 is 9.53 Å². The van der Waals surface area contributed by atoms with Crippen molar-refractivity contribution in [2.45, 2.75) is 6.42 Å². The van der Waals surface area contributed by atoms with Crippen LogP contribution in [0.5, 0.6) is 0 Å². The van der Waals surface area contributed by atoms with Gasteiger partial charge in [-0.1, -0.05) is 12.1 Å². The largest absolute Gasteiger partial charge is 0.385 e. The molecule has 1 rings (SSSR count). The molecule has 0 aliphatic heterocycles. The van der Waals surface area contributed by atoms with Gasteiger partial charge in [0.15, 0.2) is 0 Å². The highest BCUT2D eigenvalue weighted by Gasteiger charge is 2.02. The number of benzene rings is 1. The smallest absolute Gasteiger partial charge is 0.319 e. The normalized spacial score (nSPS) is 9.88. The summed E-state index contributed by atoms with van der Waals surface area (Å²) in [4.78, 5) is 11.5. The lowest BCUT2D eigenvalue weighted by molar-refractivity contribution is 0.194. The summed E-state index contributed by atoms with van der Waals surface area (Å²) in [5.41, 5.74) is 0.826. The van der Waals surface area contributed by atoms with Crippen LogP contribution >= 0.6 is 22.6 Å². The summed E-state index contributed by atoms with van der Waals surface area (Å²) in [7, 11) is 1.65. The molecule has 5 heteroatoms. The van der Waals surface area contributed by atoms with Crippen LogP contribution in [-0.4, -0.2) is 26.3 Å². The van der Waals surface area contributed by atoms with E-state index in [4.69, 9.17) is 4.74 Å². The van der Waals surface area contributed by atoms with E-state index in [1.54, 1.807) is 7.11 Å². The summed E-state index contributed by atoms with van der Waals surface area (Å²) in [6.45, 7) is 1.27. The van der Waals surface area contributed by atoms with Crippen molar-refractivity contribution in [3.8, 4) is 0 Å². The molecule has 0 radical (unpaired) electrons. The number of amides is 2. The molecule has 88 valence electrons. The van der Waals surface area contributed by atoms with Crippen molar-refractivity contribution in [1.82, 2.24) is 5.32 Å². The van der Waals surface area contributed by atoms with Gasteiger partial charge >= 0.3 is 6.03 Å². The predicted octanol–water partition coefficient (Wildman–Crippen LogP) is 2.45. The van der Waals surface area contributed by atoms with E-state index in [-0.39, 0.29) is 6.03 Å². The van der Waals surface area contributed by atoms with Gasteiger partial charge in [0.1, 0.15) is 0 Å². The quantitative estimate of drug-likeness (QED) is 0.642. The van der Waals surface area contributed by atoms with Gasteiger partial charge in [-0.25, -0.2) is 4.79 Å². The molecule has 0 fully saturated rings. The minimum absolute atomic E-state index is 0.180. The molecule has 0 saturated carbocycles. The minimum atomic E-state index is -0.180. The Bertz CT molecular complexity index is 345. The number of ether oxygens (including phenoxy) is 1. The van der Waals surface area contributed by atoms with E-state index >= 15 is 0 Å². The Morgan fingerprint density at radius 2 is 2.19 bits per heavy atom. The van der Waals surface area contributed by atoms with Gasteiger partial charge in [-0.15, -0.1) is 0 Å². The number of rotatable bonds is 5. The number of para-hydroxylation sites is 1. The van der Waals surface area contributed by atoms with Crippen molar-refractivity contribution in [3.63, 3.8) is 0 Å². The number of hydrogen-bond acceptors (Lipinski definition) is 2. The zero-order valence-corrected chi connectivity index (χ0v) is 11.3. The lowest BCUT2D eigenvalue weighted by Crippen LogP contribution is -2.30. The first kappa shape index (κ1) is 13.2. The van der Waals surface area contributed by atoms with Crippen LogP contribution in [0.1, 0.15) is 6.42 Å². The summed E-state index contributed by atoms with van der Waals surface area (Å²) < 4.78 is 5.91. The zero-order chi connectivity index (χ0) is 11.8. The molecule has 4 nitrogen and oxygen atoms in total. The Morgan fingerprint density at radius 3 is 2.88 bits per heavy atom. The van der Waals surface area contributed by atoms with E-state index < -0.39 is 0 Å². The zero-order valence-electron chi connectivity index (χ0n) is 9.13. The van der Waals surface area contributed by atoms with Gasteiger partial charge in [-0.3, -0.25) is 0 Å². The maximum Gasteiger partial charge on any atom is 0.319 e. The van der Waals surface area contributed by atoms with Gasteiger partial charge in [0.05, 0.1) is 5.69 Å². The molecule has 0 saturated heterocycles. The summed E-state index contributed by atoms with van der Waals surface area (Å²) in [6.07, 6.45) is 0.815. The third kappa shape index (κ3) is 4.80. The van der Waals surface area contributed by atoms with Crippen LogP contribution in [0.3, 0.4) is 0 Å². The molecule has 1 aromatic rings. The van der Waals surface area contributed by atoms with Crippen LogP contribution in [-0.2, 0) is 4.74 Å². The van der Waals surface area contributed by atoms with Crippen LogP contribution < -0.4 is 10.6 Å². The highest BCUT2D eigenvalue weighted by molar-refractivity contribution is 14.1. The molecule has 1 aromatic carbocycles. The number of halogens is 1. The van der Waals surface area contributed by atoms with Crippen LogP contribution in [0.4, 0.5) is 10.5 Å². The molecule has 0 spiro atoms. The molecular formula is C11H15IN2O2.